The smallest absolute Gasteiger partial charge is 0.163 e. The molecule has 2 aliphatic rings. The van der Waals surface area contributed by atoms with Crippen molar-refractivity contribution >= 4 is 17.2 Å². The maximum Gasteiger partial charge on any atom is 0.163 e. The largest absolute Gasteiger partial charge is 0.497 e. The molecule has 0 fully saturated rings. The monoisotopic (exact) mass is 397 g/mol. The highest BCUT2D eigenvalue weighted by atomic mass is 16.5. The second-order valence-electron chi connectivity index (χ2n) is 7.72. The van der Waals surface area contributed by atoms with Crippen LogP contribution >= 0.6 is 0 Å². The Morgan fingerprint density at radius 1 is 0.900 bits per heavy atom. The number of allylic oxidation sites excluding steroid dienone is 1. The van der Waals surface area contributed by atoms with Crippen LogP contribution in [0.5, 0.6) is 5.75 Å². The van der Waals surface area contributed by atoms with Gasteiger partial charge in [0.05, 0.1) is 24.5 Å². The predicted molar refractivity (Wildman–Crippen MR) is 118 cm³/mol. The van der Waals surface area contributed by atoms with Gasteiger partial charge in [-0.3, -0.25) is 9.78 Å². The van der Waals surface area contributed by atoms with Crippen LogP contribution in [0.15, 0.2) is 84.3 Å². The number of hydrogen-bond acceptors (Lipinski definition) is 5. The van der Waals surface area contributed by atoms with E-state index < -0.39 is 0 Å². The lowest BCUT2D eigenvalue weighted by Crippen LogP contribution is -2.26. The molecule has 0 saturated heterocycles. The number of nitrogens with one attached hydrogen (secondary N) is 2. The van der Waals surface area contributed by atoms with Gasteiger partial charge in [-0.2, -0.15) is 0 Å². The molecular formula is C25H23N3O2. The summed E-state index contributed by atoms with van der Waals surface area (Å²) in [6, 6.07) is 19.9. The number of benzene rings is 2. The third-order valence-corrected chi connectivity index (χ3v) is 5.94. The number of hydrogen-bond donors (Lipinski definition) is 2. The fourth-order valence-corrected chi connectivity index (χ4v) is 4.41. The number of methoxy groups -OCH3 is 1. The normalized spacial score (nSPS) is 20.4. The number of aromatic nitrogens is 1. The van der Waals surface area contributed by atoms with E-state index in [1.165, 1.54) is 0 Å². The number of nitrogens with zero attached hydrogens (tertiary/aromatic N) is 1. The Kier molecular flexibility index (Phi) is 4.71. The lowest BCUT2D eigenvalue weighted by atomic mass is 9.78. The molecule has 1 aromatic heterocycles. The summed E-state index contributed by atoms with van der Waals surface area (Å²) in [4.78, 5) is 17.6. The third-order valence-electron chi connectivity index (χ3n) is 5.94. The molecule has 0 unspecified atom stereocenters. The lowest BCUT2D eigenvalue weighted by Gasteiger charge is -2.30. The molecule has 2 N–H and O–H groups in total. The number of rotatable bonds is 3. The van der Waals surface area contributed by atoms with Crippen LogP contribution in [-0.2, 0) is 4.79 Å². The van der Waals surface area contributed by atoms with E-state index in [9.17, 15) is 4.79 Å². The maximum atomic E-state index is 13.4. The Morgan fingerprint density at radius 3 is 2.37 bits per heavy atom. The molecule has 2 aromatic carbocycles. The summed E-state index contributed by atoms with van der Waals surface area (Å²) in [6.07, 6.45) is 4.82. The summed E-state index contributed by atoms with van der Waals surface area (Å²) in [5, 5.41) is 7.16. The van der Waals surface area contributed by atoms with E-state index in [1.807, 2.05) is 48.5 Å². The molecule has 0 amide bonds. The van der Waals surface area contributed by atoms with Gasteiger partial charge in [-0.15, -0.1) is 0 Å². The van der Waals surface area contributed by atoms with Gasteiger partial charge in [-0.25, -0.2) is 0 Å². The minimum atomic E-state index is -0.205. The SMILES string of the molecule is COc1ccc([C@@H]2CC(=O)C3=C(C2)Nc2ccccc2N[C@H]3c2ccncc2)cc1. The number of carbonyl (C=O) groups excluding carboxylic acids is 1. The van der Waals surface area contributed by atoms with E-state index in [0.29, 0.717) is 6.42 Å². The van der Waals surface area contributed by atoms with Crippen LogP contribution in [0.2, 0.25) is 0 Å². The Balaban J connectivity index is 1.57. The van der Waals surface area contributed by atoms with Crippen molar-refractivity contribution in [2.75, 3.05) is 17.7 Å². The predicted octanol–water partition coefficient (Wildman–Crippen LogP) is 5.07. The molecule has 5 heteroatoms. The van der Waals surface area contributed by atoms with E-state index >= 15 is 0 Å². The molecule has 0 saturated carbocycles. The number of carbonyl (C=O) groups is 1. The first-order chi connectivity index (χ1) is 14.7. The van der Waals surface area contributed by atoms with Crippen LogP contribution in [0.3, 0.4) is 0 Å². The van der Waals surface area contributed by atoms with Crippen molar-refractivity contribution in [3.05, 3.63) is 95.5 Å². The van der Waals surface area contributed by atoms with Crippen LogP contribution in [0.1, 0.15) is 35.9 Å². The molecule has 1 aliphatic carbocycles. The van der Waals surface area contributed by atoms with E-state index in [-0.39, 0.29) is 17.7 Å². The van der Waals surface area contributed by atoms with Crippen molar-refractivity contribution in [2.24, 2.45) is 0 Å². The van der Waals surface area contributed by atoms with E-state index in [4.69, 9.17) is 4.74 Å². The van der Waals surface area contributed by atoms with Crippen LogP contribution in [0, 0.1) is 0 Å². The van der Waals surface area contributed by atoms with Gasteiger partial charge in [0.15, 0.2) is 5.78 Å². The summed E-state index contributed by atoms with van der Waals surface area (Å²) >= 11 is 0. The Morgan fingerprint density at radius 2 is 1.63 bits per heavy atom. The highest BCUT2D eigenvalue weighted by Crippen LogP contribution is 2.44. The van der Waals surface area contributed by atoms with Gasteiger partial charge in [0.2, 0.25) is 0 Å². The number of ketones is 1. The molecule has 5 nitrogen and oxygen atoms in total. The summed E-state index contributed by atoms with van der Waals surface area (Å²) in [6.45, 7) is 0. The minimum Gasteiger partial charge on any atom is -0.497 e. The molecule has 2 atom stereocenters. The van der Waals surface area contributed by atoms with Gasteiger partial charge in [0.25, 0.3) is 0 Å². The van der Waals surface area contributed by atoms with Gasteiger partial charge >= 0.3 is 0 Å². The zero-order valence-electron chi connectivity index (χ0n) is 16.8. The summed E-state index contributed by atoms with van der Waals surface area (Å²) < 4.78 is 5.28. The molecule has 0 bridgehead atoms. The standard InChI is InChI=1S/C25H23N3O2/c1-30-19-8-6-16(7-9-19)18-14-22-24(23(29)15-18)25(17-10-12-26-13-11-17)28-21-5-3-2-4-20(21)27-22/h2-13,18,25,27-28H,14-15H2,1H3/t18-,25-/m0/s1. The number of para-hydroxylation sites is 2. The van der Waals surface area contributed by atoms with Crippen LogP contribution in [0.4, 0.5) is 11.4 Å². The van der Waals surface area contributed by atoms with Gasteiger partial charge in [-0.05, 0) is 59.9 Å². The Labute approximate surface area is 175 Å². The zero-order chi connectivity index (χ0) is 20.5. The molecule has 0 spiro atoms. The van der Waals surface area contributed by atoms with Crippen molar-refractivity contribution < 1.29 is 9.53 Å². The van der Waals surface area contributed by atoms with Crippen molar-refractivity contribution in [3.8, 4) is 5.75 Å². The van der Waals surface area contributed by atoms with Crippen molar-refractivity contribution in [3.63, 3.8) is 0 Å². The third kappa shape index (κ3) is 3.32. The van der Waals surface area contributed by atoms with Crippen molar-refractivity contribution in [1.29, 1.82) is 0 Å². The molecule has 150 valence electrons. The second kappa shape index (κ2) is 7.67. The molecule has 1 aliphatic heterocycles. The average molecular weight is 397 g/mol. The first-order valence-electron chi connectivity index (χ1n) is 10.2. The van der Waals surface area contributed by atoms with E-state index in [2.05, 4.69) is 27.8 Å². The zero-order valence-corrected chi connectivity index (χ0v) is 16.8. The number of fused-ring (bicyclic) bond motifs is 1. The minimum absolute atomic E-state index is 0.137. The highest BCUT2D eigenvalue weighted by molar-refractivity contribution is 6.01. The number of pyridine rings is 1. The summed E-state index contributed by atoms with van der Waals surface area (Å²) in [5.74, 6) is 1.13. The number of ether oxygens (including phenoxy) is 1. The van der Waals surface area contributed by atoms with Crippen LogP contribution in [-0.4, -0.2) is 17.9 Å². The molecule has 30 heavy (non-hydrogen) atoms. The fraction of sp³-hybridized carbons (Fsp3) is 0.200. The van der Waals surface area contributed by atoms with E-state index in [0.717, 1.165) is 45.9 Å². The Bertz CT molecular complexity index is 1110. The topological polar surface area (TPSA) is 63.2 Å². The maximum absolute atomic E-state index is 13.4. The van der Waals surface area contributed by atoms with Crippen molar-refractivity contribution in [1.82, 2.24) is 4.98 Å². The quantitative estimate of drug-likeness (QED) is 0.646. The van der Waals surface area contributed by atoms with Crippen LogP contribution in [0.25, 0.3) is 0 Å². The lowest BCUT2D eigenvalue weighted by molar-refractivity contribution is -0.116. The second-order valence-corrected chi connectivity index (χ2v) is 7.72. The molecule has 0 radical (unpaired) electrons. The Hall–Kier alpha value is -3.60. The van der Waals surface area contributed by atoms with Gasteiger partial charge < -0.3 is 15.4 Å². The van der Waals surface area contributed by atoms with Gasteiger partial charge in [0.1, 0.15) is 5.75 Å². The van der Waals surface area contributed by atoms with Gasteiger partial charge in [-0.1, -0.05) is 24.3 Å². The number of Topliss-reactive ketones (excluding diaryl/α,β-unsaturated/α-hetero) is 1. The first kappa shape index (κ1) is 18.4. The van der Waals surface area contributed by atoms with Crippen molar-refractivity contribution in [2.45, 2.75) is 24.8 Å². The first-order valence-corrected chi connectivity index (χ1v) is 10.2. The fourth-order valence-electron chi connectivity index (χ4n) is 4.41. The molecular weight excluding hydrogens is 374 g/mol. The summed E-state index contributed by atoms with van der Waals surface area (Å²) in [5.41, 5.74) is 5.98. The average Bonchev–Trinajstić information content (AvgIpc) is 2.96. The highest BCUT2D eigenvalue weighted by Gasteiger charge is 2.35. The summed E-state index contributed by atoms with van der Waals surface area (Å²) in [7, 11) is 1.66. The van der Waals surface area contributed by atoms with Gasteiger partial charge in [0, 0.05) is 30.1 Å². The van der Waals surface area contributed by atoms with E-state index in [1.54, 1.807) is 19.5 Å². The molecule has 5 rings (SSSR count). The van der Waals surface area contributed by atoms with Crippen LogP contribution < -0.4 is 15.4 Å². The molecule has 2 heterocycles. The number of anilines is 2. The molecule has 3 aromatic rings.